The molecule has 0 aliphatic rings. The van der Waals surface area contributed by atoms with Crippen LogP contribution >= 0.6 is 34.7 Å². The summed E-state index contributed by atoms with van der Waals surface area (Å²) in [6.45, 7) is 1.95. The minimum absolute atomic E-state index is 0.0495. The van der Waals surface area contributed by atoms with Gasteiger partial charge in [-0.2, -0.15) is 0 Å². The molecule has 2 N–H and O–H groups in total. The van der Waals surface area contributed by atoms with E-state index in [9.17, 15) is 4.39 Å². The lowest BCUT2D eigenvalue weighted by molar-refractivity contribution is 0.644. The Balaban J connectivity index is 1.89. The number of hydrogen-bond acceptors (Lipinski definition) is 6. The normalized spacial score (nSPS) is 12.7. The highest BCUT2D eigenvalue weighted by molar-refractivity contribution is 7.99. The molecule has 0 aromatic carbocycles. The maximum atomic E-state index is 13.6. The molecular formula is C13H10ClFN4S2. The lowest BCUT2D eigenvalue weighted by Crippen LogP contribution is -1.98. The Morgan fingerprint density at radius 2 is 2.19 bits per heavy atom. The predicted molar refractivity (Wildman–Crippen MR) is 85.3 cm³/mol. The number of pyridine rings is 1. The van der Waals surface area contributed by atoms with Crippen LogP contribution in [0.1, 0.15) is 17.9 Å². The first kappa shape index (κ1) is 14.5. The lowest BCUT2D eigenvalue weighted by atomic mass is 10.2. The number of anilines is 1. The molecule has 0 saturated carbocycles. The first-order chi connectivity index (χ1) is 10.0. The molecule has 0 radical (unpaired) electrons. The third-order valence-corrected chi connectivity index (χ3v) is 4.91. The summed E-state index contributed by atoms with van der Waals surface area (Å²) >= 11 is 8.57. The van der Waals surface area contributed by atoms with Crippen LogP contribution in [0.4, 0.5) is 10.2 Å². The molecule has 8 heteroatoms. The third kappa shape index (κ3) is 3.09. The molecular weight excluding hydrogens is 331 g/mol. The molecule has 0 fully saturated rings. The van der Waals surface area contributed by atoms with Crippen LogP contribution in [0.3, 0.4) is 0 Å². The van der Waals surface area contributed by atoms with E-state index in [2.05, 4.69) is 15.0 Å². The van der Waals surface area contributed by atoms with Gasteiger partial charge >= 0.3 is 0 Å². The van der Waals surface area contributed by atoms with Gasteiger partial charge in [0.2, 0.25) is 0 Å². The molecule has 3 aromatic heterocycles. The summed E-state index contributed by atoms with van der Waals surface area (Å²) in [6, 6.07) is 3.24. The maximum absolute atomic E-state index is 13.6. The highest BCUT2D eigenvalue weighted by Gasteiger charge is 2.14. The van der Waals surface area contributed by atoms with E-state index in [0.717, 1.165) is 10.4 Å². The molecule has 3 aromatic rings. The smallest absolute Gasteiger partial charge is 0.191 e. The Labute approximate surface area is 133 Å². The van der Waals surface area contributed by atoms with Gasteiger partial charge in [-0.1, -0.05) is 23.4 Å². The van der Waals surface area contributed by atoms with Crippen molar-refractivity contribution in [2.45, 2.75) is 17.3 Å². The molecule has 1 atom stereocenters. The number of aromatic nitrogens is 3. The van der Waals surface area contributed by atoms with E-state index in [4.69, 9.17) is 17.3 Å². The van der Waals surface area contributed by atoms with E-state index in [1.807, 2.05) is 6.92 Å². The molecule has 0 amide bonds. The SMILES string of the molecule is CC(Sc1nc(N)cc(Cl)n1)c1cc2c(F)csc2cn1. The number of thiophene rings is 1. The Morgan fingerprint density at radius 1 is 1.38 bits per heavy atom. The van der Waals surface area contributed by atoms with Gasteiger partial charge in [0.25, 0.3) is 0 Å². The monoisotopic (exact) mass is 340 g/mol. The zero-order chi connectivity index (χ0) is 15.0. The van der Waals surface area contributed by atoms with Gasteiger partial charge in [-0.15, -0.1) is 11.3 Å². The van der Waals surface area contributed by atoms with E-state index >= 15 is 0 Å². The number of thioether (sulfide) groups is 1. The molecule has 21 heavy (non-hydrogen) atoms. The van der Waals surface area contributed by atoms with Crippen molar-refractivity contribution >= 4 is 50.6 Å². The van der Waals surface area contributed by atoms with Crippen LogP contribution in [0.5, 0.6) is 0 Å². The second-order valence-electron chi connectivity index (χ2n) is 4.35. The van der Waals surface area contributed by atoms with Gasteiger partial charge in [0.05, 0.1) is 15.6 Å². The van der Waals surface area contributed by atoms with Crippen LogP contribution < -0.4 is 5.73 Å². The zero-order valence-electron chi connectivity index (χ0n) is 10.9. The van der Waals surface area contributed by atoms with Crippen molar-refractivity contribution in [3.8, 4) is 0 Å². The topological polar surface area (TPSA) is 64.7 Å². The fourth-order valence-electron chi connectivity index (χ4n) is 1.83. The highest BCUT2D eigenvalue weighted by Crippen LogP contribution is 2.35. The molecule has 3 rings (SSSR count). The molecule has 0 spiro atoms. The molecule has 108 valence electrons. The summed E-state index contributed by atoms with van der Waals surface area (Å²) in [7, 11) is 0. The summed E-state index contributed by atoms with van der Waals surface area (Å²) < 4.78 is 14.5. The first-order valence-electron chi connectivity index (χ1n) is 6.02. The van der Waals surface area contributed by atoms with Crippen molar-refractivity contribution in [1.82, 2.24) is 15.0 Å². The van der Waals surface area contributed by atoms with Crippen LogP contribution in [0, 0.1) is 5.82 Å². The number of rotatable bonds is 3. The molecule has 0 saturated heterocycles. The van der Waals surface area contributed by atoms with Crippen LogP contribution in [-0.2, 0) is 0 Å². The van der Waals surface area contributed by atoms with E-state index in [0.29, 0.717) is 21.5 Å². The average Bonchev–Trinajstić information content (AvgIpc) is 2.79. The fourth-order valence-corrected chi connectivity index (χ4v) is 3.70. The van der Waals surface area contributed by atoms with E-state index < -0.39 is 0 Å². The van der Waals surface area contributed by atoms with Crippen LogP contribution in [-0.4, -0.2) is 15.0 Å². The quantitative estimate of drug-likeness (QED) is 0.437. The molecule has 4 nitrogen and oxygen atoms in total. The Bertz CT molecular complexity index is 788. The molecule has 0 aliphatic heterocycles. The van der Waals surface area contributed by atoms with Crippen LogP contribution in [0.25, 0.3) is 10.1 Å². The minimum Gasteiger partial charge on any atom is -0.384 e. The van der Waals surface area contributed by atoms with Gasteiger partial charge in [0.1, 0.15) is 16.8 Å². The standard InChI is InChI=1S/C13H10ClFN4S2/c1-6(21-13-18-11(14)3-12(16)19-13)9-2-7-8(15)5-20-10(7)4-17-9/h2-6H,1H3,(H2,16,18,19). The van der Waals surface area contributed by atoms with Crippen molar-refractivity contribution in [2.24, 2.45) is 0 Å². The Hall–Kier alpha value is -1.44. The van der Waals surface area contributed by atoms with Crippen molar-refractivity contribution in [3.63, 3.8) is 0 Å². The molecule has 0 bridgehead atoms. The van der Waals surface area contributed by atoms with Gasteiger partial charge in [0, 0.05) is 23.0 Å². The number of halogens is 2. The first-order valence-corrected chi connectivity index (χ1v) is 8.16. The number of nitrogens with zero attached hydrogens (tertiary/aromatic N) is 3. The fraction of sp³-hybridized carbons (Fsp3) is 0.154. The summed E-state index contributed by atoms with van der Waals surface area (Å²) in [5.74, 6) is 0.0936. The Kier molecular flexibility index (Phi) is 3.97. The van der Waals surface area contributed by atoms with Gasteiger partial charge < -0.3 is 5.73 Å². The zero-order valence-corrected chi connectivity index (χ0v) is 13.3. The number of nitrogen functional groups attached to an aromatic ring is 1. The van der Waals surface area contributed by atoms with Crippen LogP contribution in [0.15, 0.2) is 28.9 Å². The minimum atomic E-state index is -0.223. The largest absolute Gasteiger partial charge is 0.384 e. The second kappa shape index (κ2) is 5.75. The maximum Gasteiger partial charge on any atom is 0.191 e. The lowest BCUT2D eigenvalue weighted by Gasteiger charge is -2.10. The summed E-state index contributed by atoms with van der Waals surface area (Å²) in [4.78, 5) is 12.6. The summed E-state index contributed by atoms with van der Waals surface area (Å²) in [6.07, 6.45) is 1.68. The highest BCUT2D eigenvalue weighted by atomic mass is 35.5. The van der Waals surface area contributed by atoms with Gasteiger partial charge in [-0.25, -0.2) is 14.4 Å². The van der Waals surface area contributed by atoms with E-state index in [1.165, 1.54) is 34.5 Å². The van der Waals surface area contributed by atoms with Crippen LogP contribution in [0.2, 0.25) is 5.15 Å². The van der Waals surface area contributed by atoms with Gasteiger partial charge in [-0.3, -0.25) is 4.98 Å². The van der Waals surface area contributed by atoms with E-state index in [1.54, 1.807) is 12.3 Å². The third-order valence-electron chi connectivity index (χ3n) is 2.83. The summed E-state index contributed by atoms with van der Waals surface area (Å²) in [5.41, 5.74) is 6.40. The number of hydrogen-bond donors (Lipinski definition) is 1. The Morgan fingerprint density at radius 3 is 2.95 bits per heavy atom. The number of fused-ring (bicyclic) bond motifs is 1. The second-order valence-corrected chi connectivity index (χ2v) is 6.95. The predicted octanol–water partition coefficient (Wildman–Crippen LogP) is 4.31. The van der Waals surface area contributed by atoms with E-state index in [-0.39, 0.29) is 11.1 Å². The molecule has 3 heterocycles. The molecule has 1 unspecified atom stereocenters. The number of nitrogens with two attached hydrogens (primary N) is 1. The molecule has 0 aliphatic carbocycles. The van der Waals surface area contributed by atoms with Crippen molar-refractivity contribution in [3.05, 3.63) is 40.4 Å². The van der Waals surface area contributed by atoms with Gasteiger partial charge in [0.15, 0.2) is 5.16 Å². The van der Waals surface area contributed by atoms with Crippen molar-refractivity contribution in [2.75, 3.05) is 5.73 Å². The average molecular weight is 341 g/mol. The van der Waals surface area contributed by atoms with Crippen molar-refractivity contribution < 1.29 is 4.39 Å². The van der Waals surface area contributed by atoms with Gasteiger partial charge in [-0.05, 0) is 13.0 Å². The van der Waals surface area contributed by atoms with Crippen molar-refractivity contribution in [1.29, 1.82) is 0 Å². The summed E-state index contributed by atoms with van der Waals surface area (Å²) in [5, 5.41) is 2.79.